The van der Waals surface area contributed by atoms with Gasteiger partial charge in [-0.15, -0.1) is 0 Å². The summed E-state index contributed by atoms with van der Waals surface area (Å²) in [5, 5.41) is 9.58. The summed E-state index contributed by atoms with van der Waals surface area (Å²) in [6.07, 6.45) is 0.659. The van der Waals surface area contributed by atoms with Crippen LogP contribution in [0.2, 0.25) is 0 Å². The molecule has 0 atom stereocenters. The Morgan fingerprint density at radius 1 is 1.36 bits per heavy atom. The van der Waals surface area contributed by atoms with Crippen LogP contribution in [0.25, 0.3) is 11.4 Å². The van der Waals surface area contributed by atoms with Crippen LogP contribution in [0, 0.1) is 12.7 Å². The maximum Gasteiger partial charge on any atom is 0.227 e. The molecule has 0 aliphatic heterocycles. The molecule has 0 aliphatic carbocycles. The van der Waals surface area contributed by atoms with E-state index in [-0.39, 0.29) is 18.1 Å². The normalized spacial score (nSPS) is 10.7. The highest BCUT2D eigenvalue weighted by molar-refractivity contribution is 5.76. The summed E-state index contributed by atoms with van der Waals surface area (Å²) in [6, 6.07) is 4.63. The van der Waals surface area contributed by atoms with Gasteiger partial charge in [0.25, 0.3) is 0 Å². The van der Waals surface area contributed by atoms with Gasteiger partial charge in [-0.2, -0.15) is 4.98 Å². The largest absolute Gasteiger partial charge is 0.355 e. The van der Waals surface area contributed by atoms with Gasteiger partial charge in [-0.25, -0.2) is 4.39 Å². The van der Waals surface area contributed by atoms with Crippen molar-refractivity contribution in [2.45, 2.75) is 19.8 Å². The van der Waals surface area contributed by atoms with Crippen LogP contribution in [0.5, 0.6) is 0 Å². The Labute approximate surface area is 128 Å². The second-order valence-electron chi connectivity index (χ2n) is 4.93. The van der Waals surface area contributed by atoms with Crippen molar-refractivity contribution in [1.29, 1.82) is 0 Å². The molecule has 2 rings (SSSR count). The first kappa shape index (κ1) is 16.1. The van der Waals surface area contributed by atoms with E-state index in [0.29, 0.717) is 35.8 Å². The van der Waals surface area contributed by atoms with Gasteiger partial charge in [0.15, 0.2) is 0 Å². The Morgan fingerprint density at radius 3 is 2.91 bits per heavy atom. The Balaban J connectivity index is 1.91. The summed E-state index contributed by atoms with van der Waals surface area (Å²) >= 11 is 0. The lowest BCUT2D eigenvalue weighted by atomic mass is 10.1. The molecule has 1 amide bonds. The lowest BCUT2D eigenvalue weighted by Crippen LogP contribution is -2.30. The minimum Gasteiger partial charge on any atom is -0.355 e. The van der Waals surface area contributed by atoms with E-state index in [4.69, 9.17) is 4.52 Å². The predicted octanol–water partition coefficient (Wildman–Crippen LogP) is 1.45. The first-order valence-corrected chi connectivity index (χ1v) is 7.10. The molecule has 118 valence electrons. The van der Waals surface area contributed by atoms with Crippen molar-refractivity contribution in [1.82, 2.24) is 20.8 Å². The number of halogens is 1. The molecule has 1 aromatic carbocycles. The van der Waals surface area contributed by atoms with E-state index in [1.807, 2.05) is 7.05 Å². The molecular formula is C15H19FN4O2. The summed E-state index contributed by atoms with van der Waals surface area (Å²) in [5.74, 6) is 0.452. The van der Waals surface area contributed by atoms with E-state index < -0.39 is 0 Å². The summed E-state index contributed by atoms with van der Waals surface area (Å²) in [5.41, 5.74) is 1.21. The van der Waals surface area contributed by atoms with Crippen LogP contribution in [0.4, 0.5) is 4.39 Å². The Hall–Kier alpha value is -2.28. The third-order valence-corrected chi connectivity index (χ3v) is 3.15. The number of rotatable bonds is 7. The second-order valence-corrected chi connectivity index (χ2v) is 4.93. The first-order chi connectivity index (χ1) is 10.6. The van der Waals surface area contributed by atoms with Crippen molar-refractivity contribution >= 4 is 5.91 Å². The van der Waals surface area contributed by atoms with Gasteiger partial charge in [-0.1, -0.05) is 5.16 Å². The Morgan fingerprint density at radius 2 is 2.18 bits per heavy atom. The quantitative estimate of drug-likeness (QED) is 0.757. The van der Waals surface area contributed by atoms with E-state index >= 15 is 0 Å². The molecule has 7 heteroatoms. The Kier molecular flexibility index (Phi) is 5.60. The lowest BCUT2D eigenvalue weighted by molar-refractivity contribution is -0.121. The van der Waals surface area contributed by atoms with Crippen LogP contribution in [0.1, 0.15) is 17.9 Å². The van der Waals surface area contributed by atoms with E-state index in [1.165, 1.54) is 6.07 Å². The van der Waals surface area contributed by atoms with Gasteiger partial charge in [0.1, 0.15) is 5.82 Å². The Bertz CT molecular complexity index is 642. The zero-order valence-corrected chi connectivity index (χ0v) is 12.6. The maximum absolute atomic E-state index is 13.2. The lowest BCUT2D eigenvalue weighted by Gasteiger charge is -2.02. The van der Waals surface area contributed by atoms with Crippen LogP contribution in [0.15, 0.2) is 22.7 Å². The van der Waals surface area contributed by atoms with Crippen LogP contribution in [-0.2, 0) is 11.2 Å². The highest BCUT2D eigenvalue weighted by Crippen LogP contribution is 2.19. The van der Waals surface area contributed by atoms with Crippen LogP contribution >= 0.6 is 0 Å². The maximum atomic E-state index is 13.2. The first-order valence-electron chi connectivity index (χ1n) is 7.10. The van der Waals surface area contributed by atoms with Crippen molar-refractivity contribution < 1.29 is 13.7 Å². The third kappa shape index (κ3) is 4.36. The molecule has 1 aromatic heterocycles. The molecule has 1 heterocycles. The van der Waals surface area contributed by atoms with Gasteiger partial charge < -0.3 is 15.2 Å². The van der Waals surface area contributed by atoms with Gasteiger partial charge in [-0.05, 0) is 37.7 Å². The summed E-state index contributed by atoms with van der Waals surface area (Å²) in [7, 11) is 1.82. The second kappa shape index (κ2) is 7.65. The third-order valence-electron chi connectivity index (χ3n) is 3.15. The molecule has 22 heavy (non-hydrogen) atoms. The van der Waals surface area contributed by atoms with E-state index in [2.05, 4.69) is 20.8 Å². The van der Waals surface area contributed by atoms with Crippen LogP contribution in [-0.4, -0.2) is 36.2 Å². The average molecular weight is 306 g/mol. The molecule has 0 aliphatic rings. The fraction of sp³-hybridized carbons (Fsp3) is 0.400. The summed E-state index contributed by atoms with van der Waals surface area (Å²) in [4.78, 5) is 15.8. The minimum atomic E-state index is -0.272. The number of benzene rings is 1. The predicted molar refractivity (Wildman–Crippen MR) is 79.7 cm³/mol. The standard InChI is InChI=1S/C15H19FN4O2/c1-10-9-11(3-4-12(10)16)15-19-14(22-20-15)6-5-13(21)18-8-7-17-2/h3-4,9,17H,5-8H2,1-2H3,(H,18,21). The smallest absolute Gasteiger partial charge is 0.227 e. The van der Waals surface area contributed by atoms with E-state index in [9.17, 15) is 9.18 Å². The van der Waals surface area contributed by atoms with Gasteiger partial charge >= 0.3 is 0 Å². The highest BCUT2D eigenvalue weighted by Gasteiger charge is 2.11. The molecule has 0 saturated heterocycles. The molecule has 0 fully saturated rings. The zero-order chi connectivity index (χ0) is 15.9. The summed E-state index contributed by atoms with van der Waals surface area (Å²) < 4.78 is 18.4. The van der Waals surface area contributed by atoms with Crippen molar-refractivity contribution in [3.8, 4) is 11.4 Å². The van der Waals surface area contributed by atoms with Gasteiger partial charge in [0, 0.05) is 31.5 Å². The fourth-order valence-electron chi connectivity index (χ4n) is 1.89. The minimum absolute atomic E-state index is 0.0624. The molecule has 2 N–H and O–H groups in total. The number of hydrogen-bond acceptors (Lipinski definition) is 5. The number of aryl methyl sites for hydroxylation is 2. The van der Waals surface area contributed by atoms with Crippen LogP contribution in [0.3, 0.4) is 0 Å². The number of nitrogens with one attached hydrogen (secondary N) is 2. The number of nitrogens with zero attached hydrogens (tertiary/aromatic N) is 2. The number of hydrogen-bond donors (Lipinski definition) is 2. The number of carbonyl (C=O) groups excluding carboxylic acids is 1. The number of carbonyl (C=O) groups is 1. The van der Waals surface area contributed by atoms with E-state index in [0.717, 1.165) is 6.54 Å². The topological polar surface area (TPSA) is 80.0 Å². The van der Waals surface area contributed by atoms with Gasteiger partial charge in [0.05, 0.1) is 0 Å². The highest BCUT2D eigenvalue weighted by atomic mass is 19.1. The van der Waals surface area contributed by atoms with Crippen molar-refractivity contribution in [3.05, 3.63) is 35.5 Å². The molecule has 0 saturated carbocycles. The molecule has 6 nitrogen and oxygen atoms in total. The molecular weight excluding hydrogens is 287 g/mol. The molecule has 0 bridgehead atoms. The molecule has 2 aromatic rings. The molecule has 0 radical (unpaired) electrons. The van der Waals surface area contributed by atoms with Gasteiger partial charge in [-0.3, -0.25) is 4.79 Å². The van der Waals surface area contributed by atoms with Crippen molar-refractivity contribution in [3.63, 3.8) is 0 Å². The fourth-order valence-corrected chi connectivity index (χ4v) is 1.89. The average Bonchev–Trinajstić information content (AvgIpc) is 2.97. The SMILES string of the molecule is CNCCNC(=O)CCc1nc(-c2ccc(F)c(C)c2)no1. The number of likely N-dealkylation sites (N-methyl/N-ethyl adjacent to an activating group) is 1. The number of amides is 1. The van der Waals surface area contributed by atoms with E-state index in [1.54, 1.807) is 19.1 Å². The van der Waals surface area contributed by atoms with Gasteiger partial charge in [0.2, 0.25) is 17.6 Å². The molecule has 0 spiro atoms. The summed E-state index contributed by atoms with van der Waals surface area (Å²) in [6.45, 7) is 2.98. The molecule has 0 unspecified atom stereocenters. The zero-order valence-electron chi connectivity index (χ0n) is 12.6. The van der Waals surface area contributed by atoms with Crippen molar-refractivity contribution in [2.24, 2.45) is 0 Å². The number of aromatic nitrogens is 2. The van der Waals surface area contributed by atoms with Crippen LogP contribution < -0.4 is 10.6 Å². The monoisotopic (exact) mass is 306 g/mol. The van der Waals surface area contributed by atoms with Crippen molar-refractivity contribution in [2.75, 3.05) is 20.1 Å².